The molecule has 0 radical (unpaired) electrons. The average Bonchev–Trinajstić information content (AvgIpc) is 3.38. The lowest BCUT2D eigenvalue weighted by Crippen LogP contribution is -2.45. The van der Waals surface area contributed by atoms with E-state index in [0.717, 1.165) is 6.20 Å². The second-order valence-electron chi connectivity index (χ2n) is 7.26. The number of para-hydroxylation sites is 1. The summed E-state index contributed by atoms with van der Waals surface area (Å²) in [4.78, 5) is 41.7. The summed E-state index contributed by atoms with van der Waals surface area (Å²) >= 11 is 0. The molecule has 2 fully saturated rings. The molecule has 5 rings (SSSR count). The van der Waals surface area contributed by atoms with Gasteiger partial charge in [0.2, 0.25) is 11.8 Å². The summed E-state index contributed by atoms with van der Waals surface area (Å²) in [5, 5.41) is 13.8. The molecule has 3 aliphatic heterocycles. The zero-order valence-electron chi connectivity index (χ0n) is 15.1. The minimum atomic E-state index is -0.963. The maximum absolute atomic E-state index is 13.2. The highest BCUT2D eigenvalue weighted by Gasteiger charge is 2.67. The van der Waals surface area contributed by atoms with Crippen LogP contribution in [0.15, 0.2) is 60.8 Å². The summed E-state index contributed by atoms with van der Waals surface area (Å²) < 4.78 is 6.06. The van der Waals surface area contributed by atoms with E-state index in [1.807, 2.05) is 18.2 Å². The highest BCUT2D eigenvalue weighted by Crippen LogP contribution is 2.52. The minimum absolute atomic E-state index is 0.109. The fourth-order valence-corrected chi connectivity index (χ4v) is 4.37. The molecule has 0 spiro atoms. The number of hydrogen-bond donors (Lipinski definition) is 1. The number of pyridine rings is 1. The van der Waals surface area contributed by atoms with Crippen molar-refractivity contribution in [2.24, 2.45) is 11.8 Å². The number of amides is 2. The molecule has 2 aromatic rings. The van der Waals surface area contributed by atoms with E-state index in [4.69, 9.17) is 4.74 Å². The maximum atomic E-state index is 13.2. The van der Waals surface area contributed by atoms with Gasteiger partial charge in [-0.15, -0.1) is 0 Å². The molecule has 2 bridgehead atoms. The summed E-state index contributed by atoms with van der Waals surface area (Å²) in [6.07, 6.45) is 4.37. The van der Waals surface area contributed by atoms with Gasteiger partial charge in [0.05, 0.1) is 28.6 Å². The van der Waals surface area contributed by atoms with Crippen molar-refractivity contribution in [3.63, 3.8) is 0 Å². The van der Waals surface area contributed by atoms with Crippen LogP contribution in [0, 0.1) is 22.0 Å². The van der Waals surface area contributed by atoms with Crippen LogP contribution < -0.4 is 10.2 Å². The lowest BCUT2D eigenvalue weighted by atomic mass is 9.77. The maximum Gasteiger partial charge on any atom is 0.287 e. The highest BCUT2D eigenvalue weighted by atomic mass is 16.6. The molecular weight excluding hydrogens is 376 g/mol. The van der Waals surface area contributed by atoms with E-state index in [2.05, 4.69) is 10.3 Å². The van der Waals surface area contributed by atoms with Gasteiger partial charge in [0.1, 0.15) is 17.6 Å². The molecule has 1 N–H and O–H groups in total. The molecule has 3 aliphatic rings. The number of nitrogens with one attached hydrogen (secondary N) is 1. The fourth-order valence-electron chi connectivity index (χ4n) is 4.37. The summed E-state index contributed by atoms with van der Waals surface area (Å²) in [6.45, 7) is 0.216. The van der Waals surface area contributed by atoms with Gasteiger partial charge in [-0.25, -0.2) is 9.88 Å². The van der Waals surface area contributed by atoms with Gasteiger partial charge in [0.15, 0.2) is 0 Å². The van der Waals surface area contributed by atoms with Gasteiger partial charge in [0, 0.05) is 12.6 Å². The van der Waals surface area contributed by atoms with Gasteiger partial charge >= 0.3 is 0 Å². The number of carbonyl (C=O) groups is 2. The van der Waals surface area contributed by atoms with E-state index in [1.54, 1.807) is 24.3 Å². The lowest BCUT2D eigenvalue weighted by molar-refractivity contribution is -0.385. The van der Waals surface area contributed by atoms with Crippen molar-refractivity contribution >= 4 is 29.0 Å². The third-order valence-electron chi connectivity index (χ3n) is 5.67. The number of imide groups is 1. The first-order chi connectivity index (χ1) is 14.0. The summed E-state index contributed by atoms with van der Waals surface area (Å²) in [7, 11) is 0. The summed E-state index contributed by atoms with van der Waals surface area (Å²) in [5.41, 5.74) is -0.520. The standard InChI is InChI=1S/C20H16N4O5/c25-18-16-14-8-9-20(29-14,11-22-15-7-6-13(10-21-15)24(27)28)17(16)19(26)23(18)12-4-2-1-3-5-12/h1-10,14,16-17H,11H2,(H,21,22)/t14-,16-,17-,20+/m1/s1. The molecule has 2 amide bonds. The number of nitrogens with zero attached hydrogens (tertiary/aromatic N) is 3. The third-order valence-corrected chi connectivity index (χ3v) is 5.67. The van der Waals surface area contributed by atoms with Crippen molar-refractivity contribution in [2.45, 2.75) is 11.7 Å². The normalized spacial score (nSPS) is 29.4. The van der Waals surface area contributed by atoms with Crippen molar-refractivity contribution in [1.82, 2.24) is 4.98 Å². The Hall–Kier alpha value is -3.59. The zero-order chi connectivity index (χ0) is 20.2. The molecule has 9 nitrogen and oxygen atoms in total. The fraction of sp³-hybridized carbons (Fsp3) is 0.250. The average molecular weight is 392 g/mol. The molecule has 4 atom stereocenters. The van der Waals surface area contributed by atoms with Crippen molar-refractivity contribution in [3.8, 4) is 0 Å². The molecule has 0 aliphatic carbocycles. The van der Waals surface area contributed by atoms with E-state index >= 15 is 0 Å². The number of ether oxygens (including phenoxy) is 1. The van der Waals surface area contributed by atoms with Crippen LogP contribution in [0.3, 0.4) is 0 Å². The Morgan fingerprint density at radius 2 is 1.97 bits per heavy atom. The van der Waals surface area contributed by atoms with Gasteiger partial charge in [0.25, 0.3) is 5.69 Å². The molecule has 2 saturated heterocycles. The van der Waals surface area contributed by atoms with Gasteiger partial charge in [-0.1, -0.05) is 30.4 Å². The second kappa shape index (κ2) is 6.21. The predicted octanol–water partition coefficient (Wildman–Crippen LogP) is 1.91. The van der Waals surface area contributed by atoms with Gasteiger partial charge in [-0.2, -0.15) is 0 Å². The third kappa shape index (κ3) is 2.54. The van der Waals surface area contributed by atoms with Crippen LogP contribution in [-0.2, 0) is 14.3 Å². The quantitative estimate of drug-likeness (QED) is 0.358. The number of benzene rings is 1. The molecule has 146 valence electrons. The Kier molecular flexibility index (Phi) is 3.75. The van der Waals surface area contributed by atoms with Crippen molar-refractivity contribution in [3.05, 3.63) is 70.9 Å². The molecule has 1 aromatic carbocycles. The van der Waals surface area contributed by atoms with E-state index in [9.17, 15) is 19.7 Å². The topological polar surface area (TPSA) is 115 Å². The Morgan fingerprint density at radius 3 is 2.66 bits per heavy atom. The number of nitro groups is 1. The first-order valence-corrected chi connectivity index (χ1v) is 9.14. The van der Waals surface area contributed by atoms with Crippen LogP contribution in [0.4, 0.5) is 17.2 Å². The van der Waals surface area contributed by atoms with Gasteiger partial charge in [-0.3, -0.25) is 19.7 Å². The smallest absolute Gasteiger partial charge is 0.287 e. The Morgan fingerprint density at radius 1 is 1.17 bits per heavy atom. The van der Waals surface area contributed by atoms with Gasteiger partial charge in [-0.05, 0) is 18.2 Å². The van der Waals surface area contributed by atoms with Gasteiger partial charge < -0.3 is 10.1 Å². The Labute approximate surface area is 165 Å². The van der Waals surface area contributed by atoms with E-state index in [0.29, 0.717) is 11.5 Å². The minimum Gasteiger partial charge on any atom is -0.367 e. The largest absolute Gasteiger partial charge is 0.367 e. The predicted molar refractivity (Wildman–Crippen MR) is 102 cm³/mol. The van der Waals surface area contributed by atoms with Crippen molar-refractivity contribution in [2.75, 3.05) is 16.8 Å². The number of anilines is 2. The number of rotatable bonds is 5. The Balaban J connectivity index is 1.40. The SMILES string of the molecule is O=C1[C@@H]2[C@H]3C=C[C@@](CNc4ccc([N+](=O)[O-])cn4)(O3)[C@H]2C(=O)N1c1ccccc1. The number of fused-ring (bicyclic) bond motifs is 5. The summed E-state index contributed by atoms with van der Waals surface area (Å²) in [6, 6.07) is 11.7. The Bertz CT molecular complexity index is 1040. The van der Waals surface area contributed by atoms with E-state index in [-0.39, 0.29) is 24.0 Å². The van der Waals surface area contributed by atoms with Crippen LogP contribution >= 0.6 is 0 Å². The molecule has 1 aromatic heterocycles. The van der Waals surface area contributed by atoms with Crippen molar-refractivity contribution in [1.29, 1.82) is 0 Å². The van der Waals surface area contributed by atoms with Crippen LogP contribution in [-0.4, -0.2) is 40.0 Å². The zero-order valence-corrected chi connectivity index (χ0v) is 15.1. The van der Waals surface area contributed by atoms with Crippen molar-refractivity contribution < 1.29 is 19.2 Å². The molecule has 4 heterocycles. The molecular formula is C20H16N4O5. The van der Waals surface area contributed by atoms with Crippen LogP contribution in [0.25, 0.3) is 0 Å². The monoisotopic (exact) mass is 392 g/mol. The molecule has 9 heteroatoms. The van der Waals surface area contributed by atoms with Crippen LogP contribution in [0.2, 0.25) is 0 Å². The number of hydrogen-bond acceptors (Lipinski definition) is 7. The lowest BCUT2D eigenvalue weighted by Gasteiger charge is -2.29. The summed E-state index contributed by atoms with van der Waals surface area (Å²) in [5.74, 6) is -1.30. The van der Waals surface area contributed by atoms with E-state index in [1.165, 1.54) is 17.0 Å². The number of aromatic nitrogens is 1. The molecule has 0 saturated carbocycles. The molecule has 29 heavy (non-hydrogen) atoms. The first kappa shape index (κ1) is 17.5. The first-order valence-electron chi connectivity index (χ1n) is 9.14. The molecule has 0 unspecified atom stereocenters. The van der Waals surface area contributed by atoms with E-state index < -0.39 is 28.5 Å². The van der Waals surface area contributed by atoms with Crippen LogP contribution in [0.1, 0.15) is 0 Å². The number of carbonyl (C=O) groups excluding carboxylic acids is 2. The highest BCUT2D eigenvalue weighted by molar-refractivity contribution is 6.23. The second-order valence-corrected chi connectivity index (χ2v) is 7.26. The van der Waals surface area contributed by atoms with Crippen LogP contribution in [0.5, 0.6) is 0 Å².